The summed E-state index contributed by atoms with van der Waals surface area (Å²) >= 11 is 11.8. The molecule has 1 aromatic heterocycles. The van der Waals surface area contributed by atoms with Crippen molar-refractivity contribution in [3.05, 3.63) is 57.8 Å². The van der Waals surface area contributed by atoms with Crippen LogP contribution in [0.25, 0.3) is 0 Å². The number of pyridine rings is 1. The Balaban J connectivity index is 1.66. The number of carbonyl (C=O) groups is 2. The molecule has 2 N–H and O–H groups in total. The Morgan fingerprint density at radius 3 is 2.54 bits per heavy atom. The number of amides is 2. The fourth-order valence-electron chi connectivity index (χ4n) is 3.23. The average molecular weight is 424 g/mol. The highest BCUT2D eigenvalue weighted by Crippen LogP contribution is 2.36. The van der Waals surface area contributed by atoms with Crippen molar-refractivity contribution in [1.82, 2.24) is 15.4 Å². The van der Waals surface area contributed by atoms with Crippen LogP contribution in [0.2, 0.25) is 10.3 Å². The molecule has 2 aromatic rings. The first-order valence-electron chi connectivity index (χ1n) is 8.59. The molecule has 1 unspecified atom stereocenters. The Kier molecular flexibility index (Phi) is 6.07. The van der Waals surface area contributed by atoms with Gasteiger partial charge in [0.25, 0.3) is 5.91 Å². The van der Waals surface area contributed by atoms with Gasteiger partial charge in [-0.2, -0.15) is 0 Å². The lowest BCUT2D eigenvalue weighted by molar-refractivity contribution is -0.139. The van der Waals surface area contributed by atoms with E-state index in [1.807, 2.05) is 19.1 Å². The summed E-state index contributed by atoms with van der Waals surface area (Å²) in [5.74, 6) is -0.123. The first-order valence-corrected chi connectivity index (χ1v) is 9.35. The quantitative estimate of drug-likeness (QED) is 0.423. The first-order chi connectivity index (χ1) is 13.3. The number of hydrogen-bond acceptors (Lipinski definition) is 5. The second-order valence-electron chi connectivity index (χ2n) is 6.78. The number of likely N-dealkylation sites (tertiary alicyclic amines) is 1. The van der Waals surface area contributed by atoms with Crippen molar-refractivity contribution in [3.8, 4) is 5.75 Å². The SMILES string of the molecule is CC1(c2ccc(OCc3cc(Cl)nc(Cl)c3)cc2)CCN(CC(=O)NO)C1=O. The number of benzene rings is 1. The van der Waals surface area contributed by atoms with E-state index in [2.05, 4.69) is 4.98 Å². The molecule has 7 nitrogen and oxygen atoms in total. The molecule has 1 saturated heterocycles. The van der Waals surface area contributed by atoms with Gasteiger partial charge in [-0.15, -0.1) is 0 Å². The predicted molar refractivity (Wildman–Crippen MR) is 104 cm³/mol. The normalized spacial score (nSPS) is 19.0. The molecule has 1 fully saturated rings. The van der Waals surface area contributed by atoms with E-state index < -0.39 is 11.3 Å². The maximum atomic E-state index is 12.7. The maximum absolute atomic E-state index is 12.7. The third-order valence-corrected chi connectivity index (χ3v) is 5.21. The molecule has 148 valence electrons. The Bertz CT molecular complexity index is 871. The van der Waals surface area contributed by atoms with Gasteiger partial charge in [0.1, 0.15) is 29.2 Å². The molecule has 0 aliphatic carbocycles. The van der Waals surface area contributed by atoms with E-state index in [0.29, 0.717) is 29.0 Å². The Hall–Kier alpha value is -2.35. The van der Waals surface area contributed by atoms with Crippen molar-refractivity contribution < 1.29 is 19.5 Å². The van der Waals surface area contributed by atoms with E-state index in [1.165, 1.54) is 4.90 Å². The molecule has 28 heavy (non-hydrogen) atoms. The van der Waals surface area contributed by atoms with Gasteiger partial charge in [-0.1, -0.05) is 35.3 Å². The van der Waals surface area contributed by atoms with Crippen LogP contribution in [0.4, 0.5) is 0 Å². The lowest BCUT2D eigenvalue weighted by Crippen LogP contribution is -2.41. The number of carbonyl (C=O) groups excluding carboxylic acids is 2. The average Bonchev–Trinajstić information content (AvgIpc) is 2.95. The molecule has 3 rings (SSSR count). The maximum Gasteiger partial charge on any atom is 0.262 e. The number of hydrogen-bond donors (Lipinski definition) is 2. The number of halogens is 2. The standard InChI is InChI=1S/C19H19Cl2N3O4/c1-19(6-7-24(18(19)26)10-17(25)23-27)13-2-4-14(5-3-13)28-11-12-8-15(20)22-16(21)9-12/h2-5,8-9,27H,6-7,10-11H2,1H3,(H,23,25). The van der Waals surface area contributed by atoms with Gasteiger partial charge in [0.05, 0.1) is 5.41 Å². The van der Waals surface area contributed by atoms with Gasteiger partial charge in [0.2, 0.25) is 5.91 Å². The van der Waals surface area contributed by atoms with Crippen molar-refractivity contribution in [2.24, 2.45) is 0 Å². The van der Waals surface area contributed by atoms with E-state index in [-0.39, 0.29) is 19.1 Å². The summed E-state index contributed by atoms with van der Waals surface area (Å²) in [6.45, 7) is 2.41. The van der Waals surface area contributed by atoms with Crippen molar-refractivity contribution in [3.63, 3.8) is 0 Å². The fraction of sp³-hybridized carbons (Fsp3) is 0.316. The zero-order valence-corrected chi connectivity index (χ0v) is 16.6. The van der Waals surface area contributed by atoms with Crippen LogP contribution in [0.5, 0.6) is 5.75 Å². The van der Waals surface area contributed by atoms with E-state index in [4.69, 9.17) is 33.1 Å². The summed E-state index contributed by atoms with van der Waals surface area (Å²) in [6, 6.07) is 10.6. The van der Waals surface area contributed by atoms with Gasteiger partial charge in [-0.05, 0) is 48.7 Å². The van der Waals surface area contributed by atoms with Crippen molar-refractivity contribution in [1.29, 1.82) is 0 Å². The zero-order valence-electron chi connectivity index (χ0n) is 15.1. The van der Waals surface area contributed by atoms with Crippen LogP contribution in [-0.2, 0) is 21.6 Å². The second-order valence-corrected chi connectivity index (χ2v) is 7.55. The topological polar surface area (TPSA) is 91.8 Å². The highest BCUT2D eigenvalue weighted by Gasteiger charge is 2.44. The smallest absolute Gasteiger partial charge is 0.262 e. The number of nitrogens with zero attached hydrogens (tertiary/aromatic N) is 2. The number of ether oxygens (including phenoxy) is 1. The van der Waals surface area contributed by atoms with E-state index in [9.17, 15) is 9.59 Å². The Morgan fingerprint density at radius 2 is 1.93 bits per heavy atom. The third kappa shape index (κ3) is 4.38. The van der Waals surface area contributed by atoms with Crippen molar-refractivity contribution >= 4 is 35.0 Å². The van der Waals surface area contributed by atoms with Crippen LogP contribution in [0.3, 0.4) is 0 Å². The van der Waals surface area contributed by atoms with E-state index in [0.717, 1.165) is 11.1 Å². The number of nitrogens with one attached hydrogen (secondary N) is 1. The largest absolute Gasteiger partial charge is 0.489 e. The summed E-state index contributed by atoms with van der Waals surface area (Å²) in [4.78, 5) is 29.4. The van der Waals surface area contributed by atoms with E-state index >= 15 is 0 Å². The molecular formula is C19H19Cl2N3O4. The number of aromatic nitrogens is 1. The van der Waals surface area contributed by atoms with Crippen molar-refractivity contribution in [2.75, 3.05) is 13.1 Å². The second kappa shape index (κ2) is 8.34. The summed E-state index contributed by atoms with van der Waals surface area (Å²) in [5.41, 5.74) is 2.47. The summed E-state index contributed by atoms with van der Waals surface area (Å²) < 4.78 is 5.75. The summed E-state index contributed by atoms with van der Waals surface area (Å²) in [5, 5.41) is 9.25. The number of hydroxylamine groups is 1. The lowest BCUT2D eigenvalue weighted by atomic mass is 9.81. The molecule has 9 heteroatoms. The van der Waals surface area contributed by atoms with Crippen LogP contribution in [0.1, 0.15) is 24.5 Å². The Morgan fingerprint density at radius 1 is 1.29 bits per heavy atom. The van der Waals surface area contributed by atoms with E-state index in [1.54, 1.807) is 29.7 Å². The molecule has 0 bridgehead atoms. The highest BCUT2D eigenvalue weighted by molar-refractivity contribution is 6.32. The highest BCUT2D eigenvalue weighted by atomic mass is 35.5. The zero-order chi connectivity index (χ0) is 20.3. The van der Waals surface area contributed by atoms with Gasteiger partial charge in [-0.25, -0.2) is 10.5 Å². The summed E-state index contributed by atoms with van der Waals surface area (Å²) in [7, 11) is 0. The minimum Gasteiger partial charge on any atom is -0.489 e. The van der Waals surface area contributed by atoms with Crippen LogP contribution in [0.15, 0.2) is 36.4 Å². The summed E-state index contributed by atoms with van der Waals surface area (Å²) in [6.07, 6.45) is 0.582. The van der Waals surface area contributed by atoms with Gasteiger partial charge in [0, 0.05) is 6.54 Å². The minimum atomic E-state index is -0.722. The molecule has 2 amide bonds. The molecule has 0 radical (unpaired) electrons. The molecule has 1 aliphatic rings. The van der Waals surface area contributed by atoms with Crippen molar-refractivity contribution in [2.45, 2.75) is 25.4 Å². The van der Waals surface area contributed by atoms with Gasteiger partial charge in [0.15, 0.2) is 0 Å². The van der Waals surface area contributed by atoms with Crippen LogP contribution >= 0.6 is 23.2 Å². The molecule has 1 aliphatic heterocycles. The fourth-order valence-corrected chi connectivity index (χ4v) is 3.73. The van der Waals surface area contributed by atoms with Gasteiger partial charge >= 0.3 is 0 Å². The third-order valence-electron chi connectivity index (χ3n) is 4.82. The van der Waals surface area contributed by atoms with Gasteiger partial charge in [-0.3, -0.25) is 14.8 Å². The molecule has 1 aromatic carbocycles. The van der Waals surface area contributed by atoms with Crippen LogP contribution in [0, 0.1) is 0 Å². The Labute approximate surface area is 172 Å². The lowest BCUT2D eigenvalue weighted by Gasteiger charge is -2.24. The molecule has 2 heterocycles. The monoisotopic (exact) mass is 423 g/mol. The molecular weight excluding hydrogens is 405 g/mol. The molecule has 0 saturated carbocycles. The number of rotatable bonds is 6. The predicted octanol–water partition coefficient (Wildman–Crippen LogP) is 2.96. The minimum absolute atomic E-state index is 0.147. The molecule has 1 atom stereocenters. The van der Waals surface area contributed by atoms with Crippen LogP contribution in [-0.4, -0.2) is 40.0 Å². The van der Waals surface area contributed by atoms with Crippen LogP contribution < -0.4 is 10.2 Å². The first kappa shape index (κ1) is 20.4. The molecule has 0 spiro atoms. The van der Waals surface area contributed by atoms with Gasteiger partial charge < -0.3 is 9.64 Å².